The maximum atomic E-state index is 14.1. The average Bonchev–Trinajstić information content (AvgIpc) is 3.08. The van der Waals surface area contributed by atoms with Crippen molar-refractivity contribution >= 4 is 17.9 Å². The van der Waals surface area contributed by atoms with E-state index in [9.17, 15) is 18.8 Å². The number of ether oxygens (including phenoxy) is 2. The Labute approximate surface area is 189 Å². The molecule has 0 bridgehead atoms. The molecule has 0 saturated carbocycles. The largest absolute Gasteiger partial charge is 0.488 e. The summed E-state index contributed by atoms with van der Waals surface area (Å²) >= 11 is 0. The first-order valence-corrected chi connectivity index (χ1v) is 10.5. The molecule has 2 aromatic carbocycles. The van der Waals surface area contributed by atoms with Gasteiger partial charge < -0.3 is 19.5 Å². The minimum absolute atomic E-state index is 0.0231. The van der Waals surface area contributed by atoms with E-state index in [0.29, 0.717) is 5.56 Å². The van der Waals surface area contributed by atoms with Crippen molar-refractivity contribution in [1.82, 2.24) is 15.1 Å². The van der Waals surface area contributed by atoms with E-state index >= 15 is 0 Å². The molecule has 10 heteroatoms. The van der Waals surface area contributed by atoms with Crippen LogP contribution >= 0.6 is 0 Å². The molecule has 0 unspecified atom stereocenters. The standard InChI is InChI=1S/C23H24FN3O6/c24-17-9-18-19(12-27(22(18)29)13-21(28)25-23(30)31)20(10-17)33-14-16-3-1-15(2-4-16)11-26-5-7-32-8-6-26/h1-4,9-10H,5-8,11-14H2,(H,25,28)(H,30,31). The number of carbonyl (C=O) groups is 3. The lowest BCUT2D eigenvalue weighted by Gasteiger charge is -2.26. The molecule has 4 rings (SSSR count). The number of carboxylic acid groups (broad SMARTS) is 1. The molecule has 0 spiro atoms. The van der Waals surface area contributed by atoms with Gasteiger partial charge in [-0.15, -0.1) is 0 Å². The van der Waals surface area contributed by atoms with Crippen LogP contribution in [0.15, 0.2) is 36.4 Å². The molecule has 2 aliphatic heterocycles. The van der Waals surface area contributed by atoms with Crippen LogP contribution in [0.1, 0.15) is 27.0 Å². The molecule has 9 nitrogen and oxygen atoms in total. The lowest BCUT2D eigenvalue weighted by atomic mass is 10.1. The number of fused-ring (bicyclic) bond motifs is 1. The highest BCUT2D eigenvalue weighted by molar-refractivity contribution is 6.02. The zero-order valence-electron chi connectivity index (χ0n) is 17.9. The molecule has 2 N–H and O–H groups in total. The molecule has 33 heavy (non-hydrogen) atoms. The Hall–Kier alpha value is -3.50. The fourth-order valence-electron chi connectivity index (χ4n) is 3.91. The third kappa shape index (κ3) is 5.65. The average molecular weight is 457 g/mol. The van der Waals surface area contributed by atoms with E-state index in [2.05, 4.69) is 4.90 Å². The SMILES string of the molecule is O=C(O)NC(=O)CN1Cc2c(OCc3ccc(CN4CCOCC4)cc3)cc(F)cc2C1=O. The number of nitrogens with zero attached hydrogens (tertiary/aromatic N) is 2. The molecular formula is C23H24FN3O6. The number of nitrogens with one attached hydrogen (secondary N) is 1. The second-order valence-corrected chi connectivity index (χ2v) is 7.94. The highest BCUT2D eigenvalue weighted by Crippen LogP contribution is 2.32. The summed E-state index contributed by atoms with van der Waals surface area (Å²) in [7, 11) is 0. The molecule has 3 amide bonds. The van der Waals surface area contributed by atoms with Gasteiger partial charge >= 0.3 is 6.09 Å². The number of morpholine rings is 1. The van der Waals surface area contributed by atoms with Gasteiger partial charge in [0, 0.05) is 31.3 Å². The first-order valence-electron chi connectivity index (χ1n) is 10.5. The topological polar surface area (TPSA) is 108 Å². The number of rotatable bonds is 7. The quantitative estimate of drug-likeness (QED) is 0.655. The Balaban J connectivity index is 1.40. The van der Waals surface area contributed by atoms with Crippen LogP contribution in [0.2, 0.25) is 0 Å². The van der Waals surface area contributed by atoms with Crippen LogP contribution in [0.25, 0.3) is 0 Å². The summed E-state index contributed by atoms with van der Waals surface area (Å²) < 4.78 is 25.3. The monoisotopic (exact) mass is 457 g/mol. The Morgan fingerprint density at radius 3 is 2.52 bits per heavy atom. The van der Waals surface area contributed by atoms with Gasteiger partial charge in [-0.1, -0.05) is 24.3 Å². The number of amides is 3. The van der Waals surface area contributed by atoms with Crippen molar-refractivity contribution in [2.45, 2.75) is 19.7 Å². The Morgan fingerprint density at radius 1 is 1.12 bits per heavy atom. The van der Waals surface area contributed by atoms with Gasteiger partial charge in [0.05, 0.1) is 25.3 Å². The Bertz CT molecular complexity index is 1050. The van der Waals surface area contributed by atoms with Gasteiger partial charge in [0.2, 0.25) is 5.91 Å². The third-order valence-electron chi connectivity index (χ3n) is 5.55. The van der Waals surface area contributed by atoms with Crippen LogP contribution < -0.4 is 10.1 Å². The predicted molar refractivity (Wildman–Crippen MR) is 114 cm³/mol. The number of imide groups is 1. The fraction of sp³-hybridized carbons (Fsp3) is 0.348. The number of hydrogen-bond donors (Lipinski definition) is 2. The molecule has 1 saturated heterocycles. The zero-order valence-corrected chi connectivity index (χ0v) is 17.9. The van der Waals surface area contributed by atoms with Crippen LogP contribution in [0.5, 0.6) is 5.75 Å². The van der Waals surface area contributed by atoms with Crippen LogP contribution in [-0.2, 0) is 29.2 Å². The van der Waals surface area contributed by atoms with Crippen LogP contribution in [-0.4, -0.2) is 65.7 Å². The van der Waals surface area contributed by atoms with Crippen LogP contribution in [0, 0.1) is 5.82 Å². The molecule has 2 heterocycles. The lowest BCUT2D eigenvalue weighted by Crippen LogP contribution is -2.39. The molecule has 0 radical (unpaired) electrons. The Morgan fingerprint density at radius 2 is 1.82 bits per heavy atom. The first-order chi connectivity index (χ1) is 15.9. The molecular weight excluding hydrogens is 433 g/mol. The summed E-state index contributed by atoms with van der Waals surface area (Å²) in [6.45, 7) is 3.89. The number of benzene rings is 2. The molecule has 0 aromatic heterocycles. The van der Waals surface area contributed by atoms with E-state index < -0.39 is 30.3 Å². The van der Waals surface area contributed by atoms with Gasteiger partial charge in [-0.2, -0.15) is 0 Å². The molecule has 2 aromatic rings. The van der Waals surface area contributed by atoms with Crippen molar-refractivity contribution in [2.24, 2.45) is 0 Å². The van der Waals surface area contributed by atoms with E-state index in [0.717, 1.165) is 49.4 Å². The molecule has 2 aliphatic rings. The van der Waals surface area contributed by atoms with E-state index in [1.54, 1.807) is 5.32 Å². The maximum absolute atomic E-state index is 14.1. The first kappa shape index (κ1) is 22.7. The predicted octanol–water partition coefficient (Wildman–Crippen LogP) is 1.99. The van der Waals surface area contributed by atoms with E-state index in [4.69, 9.17) is 14.6 Å². The zero-order chi connectivity index (χ0) is 23.4. The molecule has 1 fully saturated rings. The van der Waals surface area contributed by atoms with Gasteiger partial charge in [-0.25, -0.2) is 9.18 Å². The second-order valence-electron chi connectivity index (χ2n) is 7.94. The number of halogens is 1. The minimum Gasteiger partial charge on any atom is -0.488 e. The Kier molecular flexibility index (Phi) is 6.85. The molecule has 0 atom stereocenters. The van der Waals surface area contributed by atoms with Crippen LogP contribution in [0.3, 0.4) is 0 Å². The number of hydrogen-bond acceptors (Lipinski definition) is 6. The van der Waals surface area contributed by atoms with Crippen LogP contribution in [0.4, 0.5) is 9.18 Å². The summed E-state index contributed by atoms with van der Waals surface area (Å²) in [5, 5.41) is 10.3. The summed E-state index contributed by atoms with van der Waals surface area (Å²) in [4.78, 5) is 38.4. The van der Waals surface area contributed by atoms with Crippen molar-refractivity contribution < 1.29 is 33.4 Å². The van der Waals surface area contributed by atoms with Gasteiger partial charge in [-0.3, -0.25) is 19.8 Å². The normalized spacial score (nSPS) is 15.9. The maximum Gasteiger partial charge on any atom is 0.411 e. The summed E-state index contributed by atoms with van der Waals surface area (Å²) in [5.74, 6) is -1.81. The summed E-state index contributed by atoms with van der Waals surface area (Å²) in [6, 6.07) is 10.2. The fourth-order valence-corrected chi connectivity index (χ4v) is 3.91. The molecule has 0 aliphatic carbocycles. The van der Waals surface area contributed by atoms with E-state index in [-0.39, 0.29) is 24.5 Å². The summed E-state index contributed by atoms with van der Waals surface area (Å²) in [6.07, 6.45) is -1.50. The highest BCUT2D eigenvalue weighted by Gasteiger charge is 2.32. The summed E-state index contributed by atoms with van der Waals surface area (Å²) in [5.41, 5.74) is 2.64. The third-order valence-corrected chi connectivity index (χ3v) is 5.55. The highest BCUT2D eigenvalue weighted by atomic mass is 19.1. The van der Waals surface area contributed by atoms with E-state index in [1.165, 1.54) is 11.6 Å². The second kappa shape index (κ2) is 9.97. The van der Waals surface area contributed by atoms with Crippen molar-refractivity contribution in [1.29, 1.82) is 0 Å². The lowest BCUT2D eigenvalue weighted by molar-refractivity contribution is -0.121. The number of carbonyl (C=O) groups excluding carboxylic acids is 2. The van der Waals surface area contributed by atoms with Gasteiger partial charge in [0.25, 0.3) is 5.91 Å². The van der Waals surface area contributed by atoms with Crippen molar-refractivity contribution in [2.75, 3.05) is 32.8 Å². The van der Waals surface area contributed by atoms with Crippen molar-refractivity contribution in [3.05, 3.63) is 64.5 Å². The minimum atomic E-state index is -1.50. The van der Waals surface area contributed by atoms with Gasteiger partial charge in [-0.05, 0) is 17.2 Å². The van der Waals surface area contributed by atoms with Gasteiger partial charge in [0.1, 0.15) is 24.7 Å². The van der Waals surface area contributed by atoms with E-state index in [1.807, 2.05) is 24.3 Å². The smallest absolute Gasteiger partial charge is 0.411 e. The molecule has 174 valence electrons. The van der Waals surface area contributed by atoms with Gasteiger partial charge in [0.15, 0.2) is 0 Å². The van der Waals surface area contributed by atoms with Crippen molar-refractivity contribution in [3.63, 3.8) is 0 Å². The van der Waals surface area contributed by atoms with Crippen molar-refractivity contribution in [3.8, 4) is 5.75 Å².